The van der Waals surface area contributed by atoms with E-state index in [1.54, 1.807) is 12.1 Å². The van der Waals surface area contributed by atoms with Crippen LogP contribution in [0.5, 0.6) is 0 Å². The van der Waals surface area contributed by atoms with Gasteiger partial charge in [-0.2, -0.15) is 0 Å². The lowest BCUT2D eigenvalue weighted by Crippen LogP contribution is -2.31. The van der Waals surface area contributed by atoms with Crippen LogP contribution >= 0.6 is 0 Å². The number of sulfonamides is 1. The first kappa shape index (κ1) is 16.7. The standard InChI is InChI=1S/C18H20N2O3S/c1-19-24(22,23)15-9-4-8-14(12-15)18(21)20-17-11-5-7-13-6-2-3-10-16(13)17/h2-4,6,8-10,12,17,19H,5,7,11H2,1H3,(H,20,21). The SMILES string of the molecule is CNS(=O)(=O)c1cccc(C(=O)NC2CCCc3ccccc32)c1. The van der Waals surface area contributed by atoms with E-state index < -0.39 is 10.0 Å². The van der Waals surface area contributed by atoms with Crippen LogP contribution < -0.4 is 10.0 Å². The first-order valence-corrected chi connectivity index (χ1v) is 9.42. The monoisotopic (exact) mass is 344 g/mol. The van der Waals surface area contributed by atoms with Gasteiger partial charge in [-0.1, -0.05) is 30.3 Å². The summed E-state index contributed by atoms with van der Waals surface area (Å²) in [4.78, 5) is 12.6. The van der Waals surface area contributed by atoms with Crippen LogP contribution in [-0.2, 0) is 16.4 Å². The number of hydrogen-bond donors (Lipinski definition) is 2. The van der Waals surface area contributed by atoms with Gasteiger partial charge in [0.2, 0.25) is 10.0 Å². The van der Waals surface area contributed by atoms with E-state index in [2.05, 4.69) is 16.1 Å². The van der Waals surface area contributed by atoms with Gasteiger partial charge in [-0.05, 0) is 55.6 Å². The number of hydrogen-bond acceptors (Lipinski definition) is 3. The summed E-state index contributed by atoms with van der Waals surface area (Å²) >= 11 is 0. The van der Waals surface area contributed by atoms with Crippen molar-refractivity contribution >= 4 is 15.9 Å². The van der Waals surface area contributed by atoms with Crippen molar-refractivity contribution in [3.05, 3.63) is 65.2 Å². The molecule has 5 nitrogen and oxygen atoms in total. The molecular weight excluding hydrogens is 324 g/mol. The van der Waals surface area contributed by atoms with Gasteiger partial charge in [0.1, 0.15) is 0 Å². The van der Waals surface area contributed by atoms with Crippen LogP contribution in [0, 0.1) is 0 Å². The lowest BCUT2D eigenvalue weighted by atomic mass is 9.87. The molecule has 0 radical (unpaired) electrons. The highest BCUT2D eigenvalue weighted by molar-refractivity contribution is 7.89. The van der Waals surface area contributed by atoms with Crippen LogP contribution in [0.2, 0.25) is 0 Å². The molecule has 0 bridgehead atoms. The van der Waals surface area contributed by atoms with Crippen LogP contribution in [0.15, 0.2) is 53.4 Å². The average Bonchev–Trinajstić information content (AvgIpc) is 2.62. The van der Waals surface area contributed by atoms with E-state index in [-0.39, 0.29) is 16.8 Å². The van der Waals surface area contributed by atoms with E-state index in [9.17, 15) is 13.2 Å². The Kier molecular flexibility index (Phi) is 4.69. The Hall–Kier alpha value is -2.18. The van der Waals surface area contributed by atoms with Crippen LogP contribution in [0.4, 0.5) is 0 Å². The van der Waals surface area contributed by atoms with Crippen molar-refractivity contribution in [2.45, 2.75) is 30.2 Å². The molecule has 6 heteroatoms. The number of carbonyl (C=O) groups is 1. The zero-order valence-electron chi connectivity index (χ0n) is 13.5. The first-order valence-electron chi connectivity index (χ1n) is 7.93. The van der Waals surface area contributed by atoms with Crippen molar-refractivity contribution in [1.82, 2.24) is 10.0 Å². The Morgan fingerprint density at radius 3 is 2.71 bits per heavy atom. The Bertz CT molecular complexity index is 862. The smallest absolute Gasteiger partial charge is 0.251 e. The minimum atomic E-state index is -3.57. The van der Waals surface area contributed by atoms with Crippen molar-refractivity contribution < 1.29 is 13.2 Å². The van der Waals surface area contributed by atoms with Gasteiger partial charge in [0.05, 0.1) is 10.9 Å². The molecule has 2 aromatic carbocycles. The predicted molar refractivity (Wildman–Crippen MR) is 92.3 cm³/mol. The Morgan fingerprint density at radius 1 is 1.12 bits per heavy atom. The molecule has 126 valence electrons. The molecule has 0 aliphatic heterocycles. The fraction of sp³-hybridized carbons (Fsp3) is 0.278. The highest BCUT2D eigenvalue weighted by Gasteiger charge is 2.22. The second kappa shape index (κ2) is 6.75. The quantitative estimate of drug-likeness (QED) is 0.894. The maximum atomic E-state index is 12.6. The first-order chi connectivity index (χ1) is 11.5. The van der Waals surface area contributed by atoms with E-state index in [1.165, 1.54) is 24.7 Å². The third-order valence-electron chi connectivity index (χ3n) is 4.35. The summed E-state index contributed by atoms with van der Waals surface area (Å²) in [6.45, 7) is 0. The molecule has 0 aromatic heterocycles. The van der Waals surface area contributed by atoms with Gasteiger partial charge in [-0.3, -0.25) is 4.79 Å². The summed E-state index contributed by atoms with van der Waals surface area (Å²) in [5.41, 5.74) is 2.76. The molecule has 0 fully saturated rings. The largest absolute Gasteiger partial charge is 0.345 e. The maximum absolute atomic E-state index is 12.6. The lowest BCUT2D eigenvalue weighted by Gasteiger charge is -2.26. The van der Waals surface area contributed by atoms with E-state index in [1.807, 2.05) is 18.2 Å². The summed E-state index contributed by atoms with van der Waals surface area (Å²) in [5.74, 6) is -0.259. The number of amides is 1. The molecule has 1 aliphatic carbocycles. The van der Waals surface area contributed by atoms with Crippen molar-refractivity contribution in [3.63, 3.8) is 0 Å². The van der Waals surface area contributed by atoms with E-state index in [0.717, 1.165) is 24.8 Å². The highest BCUT2D eigenvalue weighted by atomic mass is 32.2. The molecule has 1 unspecified atom stereocenters. The minimum absolute atomic E-state index is 0.0352. The normalized spacial score (nSPS) is 17.1. The second-order valence-electron chi connectivity index (χ2n) is 5.85. The molecule has 0 saturated heterocycles. The maximum Gasteiger partial charge on any atom is 0.251 e. The van der Waals surface area contributed by atoms with Crippen molar-refractivity contribution in [2.24, 2.45) is 0 Å². The fourth-order valence-electron chi connectivity index (χ4n) is 3.07. The molecule has 1 aliphatic rings. The molecule has 0 saturated carbocycles. The zero-order valence-corrected chi connectivity index (χ0v) is 14.3. The Morgan fingerprint density at radius 2 is 1.92 bits per heavy atom. The number of rotatable bonds is 4. The molecule has 2 aromatic rings. The topological polar surface area (TPSA) is 75.3 Å². The molecule has 0 spiro atoms. The average molecular weight is 344 g/mol. The van der Waals surface area contributed by atoms with Crippen molar-refractivity contribution in [3.8, 4) is 0 Å². The summed E-state index contributed by atoms with van der Waals surface area (Å²) in [5, 5.41) is 3.03. The van der Waals surface area contributed by atoms with Gasteiger partial charge < -0.3 is 5.32 Å². The van der Waals surface area contributed by atoms with E-state index in [4.69, 9.17) is 0 Å². The number of carbonyl (C=O) groups excluding carboxylic acids is 1. The van der Waals surface area contributed by atoms with Crippen LogP contribution in [0.3, 0.4) is 0 Å². The molecule has 1 atom stereocenters. The zero-order chi connectivity index (χ0) is 17.2. The summed E-state index contributed by atoms with van der Waals surface area (Å²) in [7, 11) is -2.22. The van der Waals surface area contributed by atoms with E-state index >= 15 is 0 Å². The van der Waals surface area contributed by atoms with Crippen molar-refractivity contribution in [1.29, 1.82) is 0 Å². The second-order valence-corrected chi connectivity index (χ2v) is 7.74. The number of benzene rings is 2. The van der Waals surface area contributed by atoms with Gasteiger partial charge in [-0.25, -0.2) is 13.1 Å². The summed E-state index contributed by atoms with van der Waals surface area (Å²) < 4.78 is 26.0. The molecular formula is C18H20N2O3S. The third-order valence-corrected chi connectivity index (χ3v) is 5.76. The predicted octanol–water partition coefficient (Wildman–Crippen LogP) is 2.40. The van der Waals surface area contributed by atoms with Gasteiger partial charge in [-0.15, -0.1) is 0 Å². The number of aryl methyl sites for hydroxylation is 1. The van der Waals surface area contributed by atoms with Crippen molar-refractivity contribution in [2.75, 3.05) is 7.05 Å². The molecule has 0 heterocycles. The van der Waals surface area contributed by atoms with Gasteiger partial charge in [0.15, 0.2) is 0 Å². The number of nitrogens with one attached hydrogen (secondary N) is 2. The molecule has 24 heavy (non-hydrogen) atoms. The van der Waals surface area contributed by atoms with Crippen LogP contribution in [-0.4, -0.2) is 21.4 Å². The van der Waals surface area contributed by atoms with Gasteiger partial charge in [0, 0.05) is 5.56 Å². The minimum Gasteiger partial charge on any atom is -0.345 e. The molecule has 3 rings (SSSR count). The third kappa shape index (κ3) is 3.34. The van der Waals surface area contributed by atoms with Gasteiger partial charge >= 0.3 is 0 Å². The summed E-state index contributed by atoms with van der Waals surface area (Å²) in [6, 6.07) is 14.2. The van der Waals surface area contributed by atoms with Crippen LogP contribution in [0.1, 0.15) is 40.4 Å². The fourth-order valence-corrected chi connectivity index (χ4v) is 3.84. The number of fused-ring (bicyclic) bond motifs is 1. The van der Waals surface area contributed by atoms with E-state index in [0.29, 0.717) is 5.56 Å². The molecule has 2 N–H and O–H groups in total. The Balaban J connectivity index is 1.83. The highest BCUT2D eigenvalue weighted by Crippen LogP contribution is 2.29. The van der Waals surface area contributed by atoms with Crippen LogP contribution in [0.25, 0.3) is 0 Å². The Labute approximate surface area is 142 Å². The lowest BCUT2D eigenvalue weighted by molar-refractivity contribution is 0.0932. The summed E-state index contributed by atoms with van der Waals surface area (Å²) in [6.07, 6.45) is 2.94. The molecule has 1 amide bonds. The van der Waals surface area contributed by atoms with Gasteiger partial charge in [0.25, 0.3) is 5.91 Å².